The zero-order valence-electron chi connectivity index (χ0n) is 21.3. The summed E-state index contributed by atoms with van der Waals surface area (Å²) in [6.07, 6.45) is 8.38. The summed E-state index contributed by atoms with van der Waals surface area (Å²) in [5, 5.41) is 21.9. The molecule has 0 aliphatic carbocycles. The molecule has 0 aliphatic heterocycles. The van der Waals surface area contributed by atoms with E-state index < -0.39 is 17.1 Å². The van der Waals surface area contributed by atoms with Crippen molar-refractivity contribution in [3.05, 3.63) is 0 Å². The molecule has 0 fully saturated rings. The molecule has 3 N–H and O–H groups in total. The lowest BCUT2D eigenvalue weighted by Crippen LogP contribution is -2.46. The van der Waals surface area contributed by atoms with E-state index in [0.717, 1.165) is 44.4 Å². The summed E-state index contributed by atoms with van der Waals surface area (Å²) in [5.41, 5.74) is 0. The molecule has 0 aromatic heterocycles. The molecule has 0 saturated heterocycles. The fourth-order valence-corrected chi connectivity index (χ4v) is 7.66. The van der Waals surface area contributed by atoms with Gasteiger partial charge in [-0.15, -0.1) is 0 Å². The molecule has 9 heteroatoms. The van der Waals surface area contributed by atoms with Crippen LogP contribution in [-0.4, -0.2) is 79.8 Å². The van der Waals surface area contributed by atoms with Gasteiger partial charge in [-0.1, -0.05) is 47.0 Å². The zero-order valence-corrected chi connectivity index (χ0v) is 23.3. The summed E-state index contributed by atoms with van der Waals surface area (Å²) in [5.74, 6) is 0. The Balaban J connectivity index is -0.000000519. The fourth-order valence-electron chi connectivity index (χ4n) is 3.17. The number of aliphatic hydroxyl groups is 2. The highest BCUT2D eigenvalue weighted by molar-refractivity contribution is 6.73. The first-order valence-electron chi connectivity index (χ1n) is 12.4. The molecule has 0 rings (SSSR count). The molecule has 32 heavy (non-hydrogen) atoms. The van der Waals surface area contributed by atoms with Gasteiger partial charge in [-0.2, -0.15) is 0 Å². The largest absolute Gasteiger partial charge is 0.500 e. The van der Waals surface area contributed by atoms with Gasteiger partial charge in [0.05, 0.1) is 12.5 Å². The highest BCUT2D eigenvalue weighted by atomic mass is 28.4. The monoisotopic (exact) mass is 499 g/mol. The van der Waals surface area contributed by atoms with E-state index in [2.05, 4.69) is 19.2 Å². The summed E-state index contributed by atoms with van der Waals surface area (Å²) in [6, 6.07) is 1.76. The van der Waals surface area contributed by atoms with Crippen LogP contribution in [0.4, 0.5) is 0 Å². The molecule has 0 saturated carbocycles. The predicted molar refractivity (Wildman–Crippen MR) is 140 cm³/mol. The molecule has 0 bridgehead atoms. The molecule has 0 spiro atoms. The maximum atomic E-state index is 9.23. The van der Waals surface area contributed by atoms with Crippen molar-refractivity contribution in [3.8, 4) is 0 Å². The van der Waals surface area contributed by atoms with Crippen molar-refractivity contribution in [1.29, 1.82) is 0 Å². The third-order valence-corrected chi connectivity index (χ3v) is 11.6. The zero-order chi connectivity index (χ0) is 23.8. The van der Waals surface area contributed by atoms with Crippen molar-refractivity contribution in [2.45, 2.75) is 99.1 Å². The number of nitrogens with one attached hydrogen (secondary N) is 1. The molecule has 198 valence electrons. The number of hydrogen-bond acceptors (Lipinski definition) is 7. The SMILES string of the molecule is C.CCCCCCNCCC[Si](CO)(CO)OC.CCCC[Si](OCC)(OCC)OCC. The Kier molecular flexibility index (Phi) is 29.6. The van der Waals surface area contributed by atoms with Crippen LogP contribution in [-0.2, 0) is 17.7 Å². The topological polar surface area (TPSA) is 89.4 Å². The highest BCUT2D eigenvalue weighted by Gasteiger charge is 2.39. The Bertz CT molecular complexity index is 338. The van der Waals surface area contributed by atoms with E-state index in [1.54, 1.807) is 7.11 Å². The second kappa shape index (κ2) is 25.8. The van der Waals surface area contributed by atoms with Crippen molar-refractivity contribution < 1.29 is 27.9 Å². The minimum Gasteiger partial charge on any atom is -0.415 e. The van der Waals surface area contributed by atoms with Gasteiger partial charge in [-0.3, -0.25) is 0 Å². The summed E-state index contributed by atoms with van der Waals surface area (Å²) in [7, 11) is -2.95. The van der Waals surface area contributed by atoms with Gasteiger partial charge in [0.2, 0.25) is 8.32 Å². The van der Waals surface area contributed by atoms with Crippen LogP contribution in [0.3, 0.4) is 0 Å². The average Bonchev–Trinajstić information content (AvgIpc) is 2.78. The maximum Gasteiger partial charge on any atom is 0.500 e. The van der Waals surface area contributed by atoms with E-state index >= 15 is 0 Å². The summed E-state index contributed by atoms with van der Waals surface area (Å²) in [6.45, 7) is 14.4. The molecule has 0 unspecified atom stereocenters. The summed E-state index contributed by atoms with van der Waals surface area (Å²) < 4.78 is 22.4. The normalized spacial score (nSPS) is 11.6. The Morgan fingerprint density at radius 2 is 1.16 bits per heavy atom. The van der Waals surface area contributed by atoms with E-state index in [9.17, 15) is 10.2 Å². The van der Waals surface area contributed by atoms with E-state index in [-0.39, 0.29) is 19.9 Å². The minimum absolute atomic E-state index is 0. The van der Waals surface area contributed by atoms with Crippen LogP contribution < -0.4 is 5.32 Å². The molecule has 0 heterocycles. The second-order valence-corrected chi connectivity index (χ2v) is 14.3. The summed E-state index contributed by atoms with van der Waals surface area (Å²) in [4.78, 5) is 0. The van der Waals surface area contributed by atoms with Crippen LogP contribution in [0, 0.1) is 0 Å². The minimum atomic E-state index is -2.32. The smallest absolute Gasteiger partial charge is 0.415 e. The van der Waals surface area contributed by atoms with Crippen LogP contribution in [0.25, 0.3) is 0 Å². The van der Waals surface area contributed by atoms with Crippen LogP contribution in [0.15, 0.2) is 0 Å². The van der Waals surface area contributed by atoms with Gasteiger partial charge < -0.3 is 33.2 Å². The number of aliphatic hydroxyl groups excluding tert-OH is 2. The van der Waals surface area contributed by atoms with Crippen molar-refractivity contribution in [2.24, 2.45) is 0 Å². The molecule has 0 aromatic rings. The van der Waals surface area contributed by atoms with Gasteiger partial charge in [0, 0.05) is 33.0 Å². The van der Waals surface area contributed by atoms with Crippen LogP contribution in [0.5, 0.6) is 0 Å². The highest BCUT2D eigenvalue weighted by Crippen LogP contribution is 2.19. The first-order valence-corrected chi connectivity index (χ1v) is 16.8. The molecule has 7 nitrogen and oxygen atoms in total. The third kappa shape index (κ3) is 18.6. The van der Waals surface area contributed by atoms with Gasteiger partial charge in [-0.25, -0.2) is 0 Å². The lowest BCUT2D eigenvalue weighted by molar-refractivity contribution is 0.0708. The molecule has 0 atom stereocenters. The van der Waals surface area contributed by atoms with Crippen molar-refractivity contribution >= 4 is 17.1 Å². The Labute approximate surface area is 202 Å². The molecular formula is C23H57NO6Si2. The number of unbranched alkanes of at least 4 members (excludes halogenated alkanes) is 4. The lowest BCUT2D eigenvalue weighted by atomic mass is 10.2. The quantitative estimate of drug-likeness (QED) is 0.156. The lowest BCUT2D eigenvalue weighted by Gasteiger charge is -2.28. The first-order chi connectivity index (χ1) is 15.0. The van der Waals surface area contributed by atoms with Crippen molar-refractivity contribution in [2.75, 3.05) is 52.5 Å². The van der Waals surface area contributed by atoms with E-state index in [1.807, 2.05) is 20.8 Å². The molecular weight excluding hydrogens is 442 g/mol. The maximum absolute atomic E-state index is 9.23. The van der Waals surface area contributed by atoms with Crippen LogP contribution in [0.2, 0.25) is 12.1 Å². The summed E-state index contributed by atoms with van der Waals surface area (Å²) >= 11 is 0. The molecule has 0 amide bonds. The van der Waals surface area contributed by atoms with Gasteiger partial charge in [0.1, 0.15) is 0 Å². The van der Waals surface area contributed by atoms with E-state index in [1.165, 1.54) is 25.7 Å². The fraction of sp³-hybridized carbons (Fsp3) is 1.00. The van der Waals surface area contributed by atoms with Crippen molar-refractivity contribution in [3.63, 3.8) is 0 Å². The van der Waals surface area contributed by atoms with E-state index in [0.29, 0.717) is 19.8 Å². The first kappa shape index (κ1) is 36.7. The van der Waals surface area contributed by atoms with Crippen LogP contribution >= 0.6 is 0 Å². The van der Waals surface area contributed by atoms with Gasteiger partial charge in [0.25, 0.3) is 0 Å². The Hall–Kier alpha value is 0.154. The van der Waals surface area contributed by atoms with Crippen LogP contribution in [0.1, 0.15) is 87.0 Å². The standard InChI is InChI=1S/C12H29NO3Si.C10H24O3Si.CH4/c1-3-4-5-6-8-13-9-7-10-17(11-14,12-15)16-2;1-5-9-10-14(11-6-2,12-7-3)13-8-4;/h13-15H,3-12H2,1-2H3;5-10H2,1-4H3;1H4. The number of hydrogen-bond donors (Lipinski definition) is 3. The second-order valence-electron chi connectivity index (χ2n) is 7.70. The van der Waals surface area contributed by atoms with Crippen molar-refractivity contribution in [1.82, 2.24) is 5.32 Å². The predicted octanol–water partition coefficient (Wildman–Crippen LogP) is 4.67. The average molecular weight is 500 g/mol. The van der Waals surface area contributed by atoms with Gasteiger partial charge in [-0.05, 0) is 59.2 Å². The molecule has 0 aromatic carbocycles. The van der Waals surface area contributed by atoms with E-state index in [4.69, 9.17) is 17.7 Å². The molecule has 0 aliphatic rings. The number of rotatable bonds is 21. The van der Waals surface area contributed by atoms with Gasteiger partial charge in [0.15, 0.2) is 0 Å². The molecule has 0 radical (unpaired) electrons. The Morgan fingerprint density at radius 1 is 0.656 bits per heavy atom. The Morgan fingerprint density at radius 3 is 1.56 bits per heavy atom. The third-order valence-electron chi connectivity index (χ3n) is 5.13. The van der Waals surface area contributed by atoms with Gasteiger partial charge >= 0.3 is 8.80 Å².